The summed E-state index contributed by atoms with van der Waals surface area (Å²) in [4.78, 5) is 39.1. The Morgan fingerprint density at radius 3 is 2.65 bits per heavy atom. The first-order chi connectivity index (χ1) is 14.7. The summed E-state index contributed by atoms with van der Waals surface area (Å²) in [6.45, 7) is 2.52. The number of sulfonamides is 1. The number of urea groups is 1. The normalized spacial score (nSPS) is 27.0. The summed E-state index contributed by atoms with van der Waals surface area (Å²) in [6.07, 6.45) is 4.97. The Morgan fingerprint density at radius 2 is 1.94 bits per heavy atom. The third kappa shape index (κ3) is 3.94. The topological polar surface area (TPSA) is 116 Å². The van der Waals surface area contributed by atoms with Crippen LogP contribution in [0.3, 0.4) is 0 Å². The minimum absolute atomic E-state index is 0.0123. The van der Waals surface area contributed by atoms with Crippen LogP contribution in [0, 0.1) is 5.92 Å². The van der Waals surface area contributed by atoms with E-state index in [-0.39, 0.29) is 16.7 Å². The van der Waals surface area contributed by atoms with Gasteiger partial charge in [-0.05, 0) is 49.8 Å². The highest BCUT2D eigenvalue weighted by molar-refractivity contribution is 7.89. The second-order valence-electron chi connectivity index (χ2n) is 8.63. The summed E-state index contributed by atoms with van der Waals surface area (Å²) >= 11 is 0. The molecule has 3 fully saturated rings. The molecule has 0 radical (unpaired) electrons. The number of nitrogens with one attached hydrogen (secondary N) is 2. The Balaban J connectivity index is 1.45. The van der Waals surface area contributed by atoms with Gasteiger partial charge in [0.25, 0.3) is 5.91 Å². The van der Waals surface area contributed by atoms with Crippen LogP contribution in [0.5, 0.6) is 0 Å². The number of carbonyl (C=O) groups is 3. The van der Waals surface area contributed by atoms with Gasteiger partial charge < -0.3 is 10.6 Å². The lowest BCUT2D eigenvalue weighted by molar-refractivity contribution is -0.136. The minimum atomic E-state index is -3.61. The maximum Gasteiger partial charge on any atom is 0.325 e. The molecule has 0 aromatic heterocycles. The maximum absolute atomic E-state index is 13.0. The van der Waals surface area contributed by atoms with E-state index < -0.39 is 34.0 Å². The van der Waals surface area contributed by atoms with Gasteiger partial charge in [0.05, 0.1) is 4.90 Å². The molecular weight excluding hydrogens is 420 g/mol. The predicted molar refractivity (Wildman–Crippen MR) is 114 cm³/mol. The van der Waals surface area contributed by atoms with Gasteiger partial charge in [-0.25, -0.2) is 13.2 Å². The number of anilines is 1. The van der Waals surface area contributed by atoms with E-state index >= 15 is 0 Å². The molecule has 0 unspecified atom stereocenters. The van der Waals surface area contributed by atoms with Gasteiger partial charge in [0.2, 0.25) is 15.9 Å². The molecule has 3 aliphatic rings. The van der Waals surface area contributed by atoms with Crippen molar-refractivity contribution in [2.45, 2.75) is 55.9 Å². The van der Waals surface area contributed by atoms with Crippen molar-refractivity contribution in [1.29, 1.82) is 0 Å². The molecule has 2 aliphatic heterocycles. The monoisotopic (exact) mass is 448 g/mol. The summed E-state index contributed by atoms with van der Waals surface area (Å²) in [5.74, 6) is -0.900. The van der Waals surface area contributed by atoms with Gasteiger partial charge in [0.15, 0.2) is 0 Å². The number of rotatable bonds is 5. The lowest BCUT2D eigenvalue weighted by Gasteiger charge is -2.36. The first kappa shape index (κ1) is 21.8. The van der Waals surface area contributed by atoms with Gasteiger partial charge in [-0.3, -0.25) is 14.5 Å². The third-order valence-electron chi connectivity index (χ3n) is 6.62. The lowest BCUT2D eigenvalue weighted by atomic mass is 9.73. The molecule has 31 heavy (non-hydrogen) atoms. The van der Waals surface area contributed by atoms with Crippen LogP contribution >= 0.6 is 0 Å². The summed E-state index contributed by atoms with van der Waals surface area (Å²) < 4.78 is 26.9. The fourth-order valence-corrected chi connectivity index (χ4v) is 6.36. The highest BCUT2D eigenvalue weighted by Crippen LogP contribution is 2.38. The van der Waals surface area contributed by atoms with Crippen LogP contribution in [0.25, 0.3) is 0 Å². The molecule has 1 spiro atoms. The molecule has 2 atom stereocenters. The molecule has 0 bridgehead atoms. The van der Waals surface area contributed by atoms with E-state index in [2.05, 4.69) is 10.6 Å². The van der Waals surface area contributed by atoms with Crippen LogP contribution in [0.1, 0.15) is 45.4 Å². The average molecular weight is 449 g/mol. The van der Waals surface area contributed by atoms with Gasteiger partial charge in [-0.1, -0.05) is 25.8 Å². The van der Waals surface area contributed by atoms with Crippen molar-refractivity contribution in [2.75, 3.05) is 25.0 Å². The van der Waals surface area contributed by atoms with Crippen LogP contribution < -0.4 is 10.6 Å². The van der Waals surface area contributed by atoms with E-state index in [1.54, 1.807) is 12.1 Å². The van der Waals surface area contributed by atoms with Crippen molar-refractivity contribution in [2.24, 2.45) is 5.92 Å². The lowest BCUT2D eigenvalue weighted by Crippen LogP contribution is -2.54. The SMILES string of the molecule is C[C@H]1CCCC[C@]12NC(=O)N(CC(=O)Nc1cccc(S(=O)(=O)N3CCCC3)c1)C2=O. The number of benzene rings is 1. The molecule has 4 rings (SSSR count). The second-order valence-corrected chi connectivity index (χ2v) is 10.6. The first-order valence-corrected chi connectivity index (χ1v) is 12.2. The largest absolute Gasteiger partial charge is 0.325 e. The number of carbonyl (C=O) groups excluding carboxylic acids is 3. The van der Waals surface area contributed by atoms with E-state index in [0.29, 0.717) is 25.2 Å². The van der Waals surface area contributed by atoms with E-state index in [1.807, 2.05) is 6.92 Å². The van der Waals surface area contributed by atoms with Crippen LogP contribution in [0.4, 0.5) is 10.5 Å². The van der Waals surface area contributed by atoms with Gasteiger partial charge in [-0.15, -0.1) is 0 Å². The Bertz CT molecular complexity index is 1000. The number of hydrogen-bond donors (Lipinski definition) is 2. The van der Waals surface area contributed by atoms with Crippen molar-refractivity contribution >= 4 is 33.6 Å². The summed E-state index contributed by atoms with van der Waals surface area (Å²) in [5.41, 5.74) is -0.614. The van der Waals surface area contributed by atoms with E-state index in [0.717, 1.165) is 37.0 Å². The molecular formula is C21H28N4O5S. The highest BCUT2D eigenvalue weighted by atomic mass is 32.2. The Morgan fingerprint density at radius 1 is 1.19 bits per heavy atom. The summed E-state index contributed by atoms with van der Waals surface area (Å²) in [7, 11) is -3.61. The second kappa shape index (κ2) is 8.23. The van der Waals surface area contributed by atoms with E-state index in [9.17, 15) is 22.8 Å². The van der Waals surface area contributed by atoms with Crippen LogP contribution in [-0.4, -0.2) is 60.6 Å². The Kier molecular flexibility index (Phi) is 5.78. The predicted octanol–water partition coefficient (Wildman–Crippen LogP) is 1.91. The fourth-order valence-electron chi connectivity index (χ4n) is 4.79. The molecule has 10 heteroatoms. The van der Waals surface area contributed by atoms with Crippen molar-refractivity contribution in [1.82, 2.24) is 14.5 Å². The minimum Gasteiger partial charge on any atom is -0.324 e. The number of nitrogens with zero attached hydrogens (tertiary/aromatic N) is 2. The number of amides is 4. The molecule has 1 saturated carbocycles. The van der Waals surface area contributed by atoms with E-state index in [1.165, 1.54) is 16.4 Å². The molecule has 9 nitrogen and oxygen atoms in total. The zero-order valence-corrected chi connectivity index (χ0v) is 18.4. The molecule has 1 aromatic carbocycles. The Labute approximate surface area is 182 Å². The molecule has 4 amide bonds. The smallest absolute Gasteiger partial charge is 0.324 e. The number of hydrogen-bond acceptors (Lipinski definition) is 5. The molecule has 168 valence electrons. The fraction of sp³-hybridized carbons (Fsp3) is 0.571. The van der Waals surface area contributed by atoms with Gasteiger partial charge >= 0.3 is 6.03 Å². The van der Waals surface area contributed by atoms with Crippen molar-refractivity contribution in [3.63, 3.8) is 0 Å². The number of imide groups is 1. The zero-order chi connectivity index (χ0) is 22.2. The first-order valence-electron chi connectivity index (χ1n) is 10.8. The Hall–Kier alpha value is -2.46. The van der Waals surface area contributed by atoms with Crippen LogP contribution in [0.15, 0.2) is 29.2 Å². The average Bonchev–Trinajstić information content (AvgIpc) is 3.35. The van der Waals surface area contributed by atoms with Gasteiger partial charge in [0, 0.05) is 18.8 Å². The molecule has 2 N–H and O–H groups in total. The molecule has 1 aliphatic carbocycles. The quantitative estimate of drug-likeness (QED) is 0.668. The van der Waals surface area contributed by atoms with Crippen molar-refractivity contribution in [3.05, 3.63) is 24.3 Å². The summed E-state index contributed by atoms with van der Waals surface area (Å²) in [5, 5.41) is 5.44. The molecule has 2 heterocycles. The van der Waals surface area contributed by atoms with Crippen LogP contribution in [0.2, 0.25) is 0 Å². The summed E-state index contributed by atoms with van der Waals surface area (Å²) in [6, 6.07) is 5.48. The van der Waals surface area contributed by atoms with Gasteiger partial charge in [0.1, 0.15) is 12.1 Å². The third-order valence-corrected chi connectivity index (χ3v) is 8.52. The van der Waals surface area contributed by atoms with Gasteiger partial charge in [-0.2, -0.15) is 4.31 Å². The van der Waals surface area contributed by atoms with Crippen molar-refractivity contribution < 1.29 is 22.8 Å². The van der Waals surface area contributed by atoms with Crippen LogP contribution in [-0.2, 0) is 19.6 Å². The van der Waals surface area contributed by atoms with Crippen molar-refractivity contribution in [3.8, 4) is 0 Å². The molecule has 2 saturated heterocycles. The highest BCUT2D eigenvalue weighted by Gasteiger charge is 2.55. The zero-order valence-electron chi connectivity index (χ0n) is 17.6. The van der Waals surface area contributed by atoms with E-state index in [4.69, 9.17) is 0 Å². The molecule has 1 aromatic rings. The maximum atomic E-state index is 13.0. The standard InChI is InChI=1S/C21H28N4O5S/c1-15-7-2-3-10-21(15)19(27)25(20(28)23-21)14-18(26)22-16-8-6-9-17(13-16)31(29,30)24-11-4-5-12-24/h6,8-9,13,15H,2-5,7,10-12,14H2,1H3,(H,22,26)(H,23,28)/t15-,21-/m0/s1.